The van der Waals surface area contributed by atoms with Crippen LogP contribution in [-0.4, -0.2) is 30.3 Å². The molecule has 31 heavy (non-hydrogen) atoms. The predicted octanol–water partition coefficient (Wildman–Crippen LogP) is 5.17. The predicted molar refractivity (Wildman–Crippen MR) is 121 cm³/mol. The maximum absolute atomic E-state index is 13.3. The molecule has 1 atom stereocenters. The molecule has 3 rings (SSSR count). The molecule has 1 unspecified atom stereocenters. The SMILES string of the molecule is CCOC(=O)C(C)N(C(=O)c1ccc(Cl)cc1)c1cccc(C(=O)c2ccccc2)c1. The van der Waals surface area contributed by atoms with Gasteiger partial charge in [0.05, 0.1) is 6.61 Å². The van der Waals surface area contributed by atoms with E-state index in [4.69, 9.17) is 16.3 Å². The summed E-state index contributed by atoms with van der Waals surface area (Å²) in [6, 6.07) is 21.0. The average molecular weight is 436 g/mol. The molecule has 0 heterocycles. The second-order valence-electron chi connectivity index (χ2n) is 6.86. The van der Waals surface area contributed by atoms with Crippen molar-refractivity contribution >= 4 is 34.9 Å². The van der Waals surface area contributed by atoms with Gasteiger partial charge in [-0.15, -0.1) is 0 Å². The van der Waals surface area contributed by atoms with E-state index in [0.717, 1.165) is 0 Å². The quantitative estimate of drug-likeness (QED) is 0.379. The van der Waals surface area contributed by atoms with Gasteiger partial charge in [0.2, 0.25) is 0 Å². The second-order valence-corrected chi connectivity index (χ2v) is 7.29. The zero-order valence-corrected chi connectivity index (χ0v) is 18.0. The molecular weight excluding hydrogens is 414 g/mol. The van der Waals surface area contributed by atoms with Crippen LogP contribution >= 0.6 is 11.6 Å². The van der Waals surface area contributed by atoms with Gasteiger partial charge < -0.3 is 4.74 Å². The lowest BCUT2D eigenvalue weighted by Gasteiger charge is -2.28. The molecule has 3 aromatic rings. The fourth-order valence-corrected chi connectivity index (χ4v) is 3.30. The Morgan fingerprint density at radius 1 is 0.871 bits per heavy atom. The highest BCUT2D eigenvalue weighted by molar-refractivity contribution is 6.30. The first-order valence-electron chi connectivity index (χ1n) is 9.88. The zero-order valence-electron chi connectivity index (χ0n) is 17.2. The first kappa shape index (κ1) is 22.2. The summed E-state index contributed by atoms with van der Waals surface area (Å²) in [5.74, 6) is -1.11. The lowest BCUT2D eigenvalue weighted by Crippen LogP contribution is -2.44. The van der Waals surface area contributed by atoms with Crippen molar-refractivity contribution in [1.82, 2.24) is 0 Å². The molecule has 0 fully saturated rings. The number of ether oxygens (including phenoxy) is 1. The average Bonchev–Trinajstić information content (AvgIpc) is 2.80. The largest absolute Gasteiger partial charge is 0.464 e. The van der Waals surface area contributed by atoms with E-state index < -0.39 is 17.9 Å². The molecule has 3 aromatic carbocycles. The number of hydrogen-bond donors (Lipinski definition) is 0. The van der Waals surface area contributed by atoms with Crippen molar-refractivity contribution in [2.24, 2.45) is 0 Å². The van der Waals surface area contributed by atoms with Crippen LogP contribution in [-0.2, 0) is 9.53 Å². The van der Waals surface area contributed by atoms with Crippen LogP contribution in [0.15, 0.2) is 78.9 Å². The molecule has 158 valence electrons. The standard InChI is InChI=1S/C25H22ClNO4/c1-3-31-25(30)17(2)27(24(29)19-12-14-21(26)15-13-19)22-11-7-10-20(16-22)23(28)18-8-5-4-6-9-18/h4-17H,3H2,1-2H3. The molecule has 6 heteroatoms. The van der Waals surface area contributed by atoms with Crippen molar-refractivity contribution in [3.63, 3.8) is 0 Å². The number of hydrogen-bond acceptors (Lipinski definition) is 4. The Morgan fingerprint density at radius 2 is 1.52 bits per heavy atom. The Hall–Kier alpha value is -3.44. The first-order valence-corrected chi connectivity index (χ1v) is 10.3. The van der Waals surface area contributed by atoms with E-state index in [1.54, 1.807) is 86.6 Å². The maximum Gasteiger partial charge on any atom is 0.328 e. The van der Waals surface area contributed by atoms with E-state index in [1.807, 2.05) is 6.07 Å². The van der Waals surface area contributed by atoms with Gasteiger partial charge in [-0.1, -0.05) is 54.1 Å². The molecule has 0 bridgehead atoms. The summed E-state index contributed by atoms with van der Waals surface area (Å²) >= 11 is 5.94. The topological polar surface area (TPSA) is 63.7 Å². The summed E-state index contributed by atoms with van der Waals surface area (Å²) in [6.07, 6.45) is 0. The Morgan fingerprint density at radius 3 is 2.16 bits per heavy atom. The molecule has 0 aliphatic carbocycles. The Labute approximate surface area is 186 Å². The molecule has 0 aromatic heterocycles. The fourth-order valence-electron chi connectivity index (χ4n) is 3.17. The third-order valence-corrected chi connectivity index (χ3v) is 5.00. The number of ketones is 1. The highest BCUT2D eigenvalue weighted by Gasteiger charge is 2.30. The Kier molecular flexibility index (Phi) is 7.21. The molecule has 0 saturated heterocycles. The normalized spacial score (nSPS) is 11.5. The lowest BCUT2D eigenvalue weighted by molar-refractivity contribution is -0.144. The summed E-state index contributed by atoms with van der Waals surface area (Å²) in [4.78, 5) is 40.1. The monoisotopic (exact) mass is 435 g/mol. The number of esters is 1. The highest BCUT2D eigenvalue weighted by atomic mass is 35.5. The van der Waals surface area contributed by atoms with Crippen molar-refractivity contribution < 1.29 is 19.1 Å². The second kappa shape index (κ2) is 10.0. The van der Waals surface area contributed by atoms with E-state index in [2.05, 4.69) is 0 Å². The van der Waals surface area contributed by atoms with Crippen LogP contribution in [0.1, 0.15) is 40.1 Å². The molecular formula is C25H22ClNO4. The van der Waals surface area contributed by atoms with Crippen LogP contribution in [0, 0.1) is 0 Å². The van der Waals surface area contributed by atoms with Gasteiger partial charge in [-0.2, -0.15) is 0 Å². The number of amides is 1. The van der Waals surface area contributed by atoms with Crippen LogP contribution in [0.4, 0.5) is 5.69 Å². The molecule has 0 N–H and O–H groups in total. The minimum absolute atomic E-state index is 0.176. The number of benzene rings is 3. The van der Waals surface area contributed by atoms with Crippen molar-refractivity contribution in [3.8, 4) is 0 Å². The fraction of sp³-hybridized carbons (Fsp3) is 0.160. The third-order valence-electron chi connectivity index (χ3n) is 4.75. The van der Waals surface area contributed by atoms with Crippen LogP contribution in [0.2, 0.25) is 5.02 Å². The van der Waals surface area contributed by atoms with Crippen molar-refractivity contribution in [2.45, 2.75) is 19.9 Å². The molecule has 0 radical (unpaired) electrons. The summed E-state index contributed by atoms with van der Waals surface area (Å²) in [5.41, 5.74) is 1.73. The summed E-state index contributed by atoms with van der Waals surface area (Å²) in [5, 5.41) is 0.497. The van der Waals surface area contributed by atoms with Gasteiger partial charge in [-0.3, -0.25) is 14.5 Å². The molecule has 1 amide bonds. The molecule has 0 saturated carbocycles. The van der Waals surface area contributed by atoms with Crippen LogP contribution in [0.5, 0.6) is 0 Å². The van der Waals surface area contributed by atoms with E-state index in [0.29, 0.717) is 27.4 Å². The zero-order chi connectivity index (χ0) is 22.4. The van der Waals surface area contributed by atoms with Crippen molar-refractivity contribution in [1.29, 1.82) is 0 Å². The van der Waals surface area contributed by atoms with Gasteiger partial charge in [-0.25, -0.2) is 4.79 Å². The number of rotatable bonds is 7. The van der Waals surface area contributed by atoms with Gasteiger partial charge in [0.25, 0.3) is 5.91 Å². The van der Waals surface area contributed by atoms with Gasteiger partial charge in [0.15, 0.2) is 5.78 Å². The van der Waals surface area contributed by atoms with Crippen LogP contribution < -0.4 is 4.90 Å². The smallest absolute Gasteiger partial charge is 0.328 e. The van der Waals surface area contributed by atoms with Gasteiger partial charge >= 0.3 is 5.97 Å². The van der Waals surface area contributed by atoms with Crippen molar-refractivity contribution in [3.05, 3.63) is 101 Å². The van der Waals surface area contributed by atoms with E-state index in [-0.39, 0.29) is 12.4 Å². The number of carbonyl (C=O) groups is 3. The van der Waals surface area contributed by atoms with E-state index in [9.17, 15) is 14.4 Å². The molecule has 5 nitrogen and oxygen atoms in total. The molecule has 0 spiro atoms. The minimum atomic E-state index is -0.898. The summed E-state index contributed by atoms with van der Waals surface area (Å²) in [7, 11) is 0. The van der Waals surface area contributed by atoms with Crippen LogP contribution in [0.25, 0.3) is 0 Å². The van der Waals surface area contributed by atoms with E-state index in [1.165, 1.54) is 4.90 Å². The lowest BCUT2D eigenvalue weighted by atomic mass is 10.0. The number of halogens is 1. The number of nitrogens with zero attached hydrogens (tertiary/aromatic N) is 1. The Bertz CT molecular complexity index is 1080. The third kappa shape index (κ3) is 5.19. The Balaban J connectivity index is 2.02. The number of carbonyl (C=O) groups excluding carboxylic acids is 3. The minimum Gasteiger partial charge on any atom is -0.464 e. The van der Waals surface area contributed by atoms with E-state index >= 15 is 0 Å². The van der Waals surface area contributed by atoms with Crippen LogP contribution in [0.3, 0.4) is 0 Å². The maximum atomic E-state index is 13.3. The molecule has 0 aliphatic rings. The first-order chi connectivity index (χ1) is 14.9. The number of anilines is 1. The van der Waals surface area contributed by atoms with Gasteiger partial charge in [0.1, 0.15) is 6.04 Å². The summed E-state index contributed by atoms with van der Waals surface area (Å²) in [6.45, 7) is 3.49. The summed E-state index contributed by atoms with van der Waals surface area (Å²) < 4.78 is 5.14. The molecule has 0 aliphatic heterocycles. The van der Waals surface area contributed by atoms with Crippen molar-refractivity contribution in [2.75, 3.05) is 11.5 Å². The van der Waals surface area contributed by atoms with Gasteiger partial charge in [-0.05, 0) is 50.2 Å². The van der Waals surface area contributed by atoms with Gasteiger partial charge in [0, 0.05) is 27.4 Å². The highest BCUT2D eigenvalue weighted by Crippen LogP contribution is 2.24.